The fourth-order valence-corrected chi connectivity index (χ4v) is 3.16. The summed E-state index contributed by atoms with van der Waals surface area (Å²) in [5.74, 6) is 0. The van der Waals surface area contributed by atoms with Gasteiger partial charge in [0.2, 0.25) is 20.0 Å². The number of halogens is 3. The average Bonchev–Trinajstić information content (AvgIpc) is 2.06. The van der Waals surface area contributed by atoms with Crippen molar-refractivity contribution in [1.29, 1.82) is 0 Å². The van der Waals surface area contributed by atoms with E-state index < -0.39 is 37.8 Å². The third-order valence-electron chi connectivity index (χ3n) is 3.49. The molecule has 2 heterocycles. The van der Waals surface area contributed by atoms with Gasteiger partial charge in [-0.2, -0.15) is 0 Å². The molecule has 1 unspecified atom stereocenters. The van der Waals surface area contributed by atoms with Gasteiger partial charge in [-0.1, -0.05) is 0 Å². The molecule has 134 valence electrons. The average molecular weight is 387 g/mol. The van der Waals surface area contributed by atoms with E-state index in [1.165, 1.54) is 11.8 Å². The summed E-state index contributed by atoms with van der Waals surface area (Å²) in [5, 5.41) is 11.4. The van der Waals surface area contributed by atoms with Gasteiger partial charge in [-0.15, -0.1) is 12.4 Å². The van der Waals surface area contributed by atoms with Crippen LogP contribution >= 0.6 is 12.4 Å². The Labute approximate surface area is 135 Å². The number of nitrogens with one attached hydrogen (secondary N) is 1. The number of alkyl halides is 2. The molecule has 22 heavy (non-hydrogen) atoms. The standard InChI is InChI=1S/C6H12F2N2O2S.C3H8N2O2S.ClH/c1-4(6(7)8)10-2-5(3-10)13(9,11)12;4-8(6,7)3-1-5-2-3;/h4-6H,2-3H2,1H3,(H2,9,11,12);3,5H,1-2H2,(H2,4,6,7);1H. The lowest BCUT2D eigenvalue weighted by Crippen LogP contribution is -2.60. The SMILES string of the molecule is CC(C(F)F)N1CC(S(N)(=O)=O)C1.Cl.NS(=O)(=O)C1CNC1. The highest BCUT2D eigenvalue weighted by molar-refractivity contribution is 7.90. The van der Waals surface area contributed by atoms with Crippen LogP contribution in [-0.2, 0) is 20.0 Å². The summed E-state index contributed by atoms with van der Waals surface area (Å²) in [7, 11) is -6.77. The van der Waals surface area contributed by atoms with E-state index in [9.17, 15) is 25.6 Å². The predicted octanol–water partition coefficient (Wildman–Crippen LogP) is -1.72. The van der Waals surface area contributed by atoms with Gasteiger partial charge in [0.15, 0.2) is 0 Å². The van der Waals surface area contributed by atoms with Crippen LogP contribution in [0.2, 0.25) is 0 Å². The van der Waals surface area contributed by atoms with Gasteiger partial charge in [0, 0.05) is 26.2 Å². The zero-order valence-corrected chi connectivity index (χ0v) is 14.3. The van der Waals surface area contributed by atoms with Gasteiger partial charge < -0.3 is 5.32 Å². The number of hydrogen-bond acceptors (Lipinski definition) is 6. The van der Waals surface area contributed by atoms with Crippen LogP contribution in [0.1, 0.15) is 6.92 Å². The van der Waals surface area contributed by atoms with Gasteiger partial charge in [-0.05, 0) is 6.92 Å². The van der Waals surface area contributed by atoms with E-state index >= 15 is 0 Å². The maximum absolute atomic E-state index is 12.1. The molecular weight excluding hydrogens is 366 g/mol. The number of hydrogen-bond donors (Lipinski definition) is 3. The molecule has 2 aliphatic heterocycles. The van der Waals surface area contributed by atoms with Crippen molar-refractivity contribution in [2.24, 2.45) is 10.3 Å². The lowest BCUT2D eigenvalue weighted by molar-refractivity contribution is 0.00668. The van der Waals surface area contributed by atoms with Crippen LogP contribution in [0.3, 0.4) is 0 Å². The second-order valence-corrected chi connectivity index (χ2v) is 8.80. The second kappa shape index (κ2) is 8.13. The molecule has 2 aliphatic rings. The van der Waals surface area contributed by atoms with Crippen molar-refractivity contribution in [3.05, 3.63) is 0 Å². The Hall–Kier alpha value is -0.110. The van der Waals surface area contributed by atoms with E-state index in [1.807, 2.05) is 0 Å². The van der Waals surface area contributed by atoms with Crippen molar-refractivity contribution in [2.75, 3.05) is 26.2 Å². The summed E-state index contributed by atoms with van der Waals surface area (Å²) < 4.78 is 66.3. The van der Waals surface area contributed by atoms with Crippen LogP contribution in [0.15, 0.2) is 0 Å². The lowest BCUT2D eigenvalue weighted by atomic mass is 10.1. The fraction of sp³-hybridized carbons (Fsp3) is 1.00. The third kappa shape index (κ3) is 6.18. The van der Waals surface area contributed by atoms with E-state index in [4.69, 9.17) is 10.3 Å². The van der Waals surface area contributed by atoms with Gasteiger partial charge >= 0.3 is 0 Å². The Morgan fingerprint density at radius 3 is 1.64 bits per heavy atom. The zero-order chi connectivity index (χ0) is 16.4. The van der Waals surface area contributed by atoms with Crippen LogP contribution in [-0.4, -0.2) is 70.9 Å². The first-order chi connectivity index (χ1) is 9.43. The minimum atomic E-state index is -3.54. The van der Waals surface area contributed by atoms with Crippen molar-refractivity contribution in [3.63, 3.8) is 0 Å². The van der Waals surface area contributed by atoms with E-state index in [1.54, 1.807) is 0 Å². The van der Waals surface area contributed by atoms with Crippen LogP contribution in [0.25, 0.3) is 0 Å². The first-order valence-electron chi connectivity index (χ1n) is 6.19. The summed E-state index contributed by atoms with van der Waals surface area (Å²) >= 11 is 0. The molecule has 1 atom stereocenters. The smallest absolute Gasteiger partial charge is 0.253 e. The molecular formula is C9H21ClF2N4O4S2. The molecule has 2 saturated heterocycles. The summed E-state index contributed by atoms with van der Waals surface area (Å²) in [5.41, 5.74) is 0. The van der Waals surface area contributed by atoms with Crippen LogP contribution in [0, 0.1) is 0 Å². The number of nitrogens with zero attached hydrogens (tertiary/aromatic N) is 1. The van der Waals surface area contributed by atoms with Crippen molar-refractivity contribution >= 4 is 32.5 Å². The maximum atomic E-state index is 12.1. The minimum Gasteiger partial charge on any atom is -0.314 e. The minimum absolute atomic E-state index is 0. The maximum Gasteiger partial charge on any atom is 0.253 e. The van der Waals surface area contributed by atoms with Crippen LogP contribution in [0.4, 0.5) is 8.78 Å². The predicted molar refractivity (Wildman–Crippen MR) is 80.9 cm³/mol. The first kappa shape index (κ1) is 21.9. The Balaban J connectivity index is 0.000000423. The molecule has 13 heteroatoms. The highest BCUT2D eigenvalue weighted by atomic mass is 35.5. The summed E-state index contributed by atoms with van der Waals surface area (Å²) in [6.45, 7) is 2.62. The summed E-state index contributed by atoms with van der Waals surface area (Å²) in [6, 6.07) is -0.891. The van der Waals surface area contributed by atoms with Gasteiger partial charge in [-0.3, -0.25) is 4.90 Å². The van der Waals surface area contributed by atoms with Crippen molar-refractivity contribution < 1.29 is 25.6 Å². The first-order valence-corrected chi connectivity index (χ1v) is 9.41. The Morgan fingerprint density at radius 2 is 1.45 bits per heavy atom. The van der Waals surface area contributed by atoms with E-state index in [-0.39, 0.29) is 30.7 Å². The zero-order valence-electron chi connectivity index (χ0n) is 11.9. The summed E-state index contributed by atoms with van der Waals surface area (Å²) in [6.07, 6.45) is -2.44. The number of nitrogens with two attached hydrogens (primary N) is 2. The normalized spacial score (nSPS) is 21.9. The number of primary sulfonamides is 2. The third-order valence-corrected chi connectivity index (χ3v) is 5.98. The van der Waals surface area contributed by atoms with Gasteiger partial charge in [0.05, 0.1) is 11.3 Å². The van der Waals surface area contributed by atoms with Crippen molar-refractivity contribution in [3.8, 4) is 0 Å². The molecule has 5 N–H and O–H groups in total. The molecule has 0 aromatic carbocycles. The highest BCUT2D eigenvalue weighted by Gasteiger charge is 2.39. The molecule has 0 aromatic rings. The largest absolute Gasteiger partial charge is 0.314 e. The Bertz CT molecular complexity index is 550. The molecule has 0 aromatic heterocycles. The molecule has 0 aliphatic carbocycles. The van der Waals surface area contributed by atoms with Gasteiger partial charge in [0.25, 0.3) is 6.43 Å². The monoisotopic (exact) mass is 386 g/mol. The van der Waals surface area contributed by atoms with Crippen LogP contribution < -0.4 is 15.6 Å². The molecule has 0 amide bonds. The van der Waals surface area contributed by atoms with E-state index in [2.05, 4.69) is 5.32 Å². The molecule has 0 radical (unpaired) electrons. The van der Waals surface area contributed by atoms with Gasteiger partial charge in [0.1, 0.15) is 5.25 Å². The molecule has 8 nitrogen and oxygen atoms in total. The highest BCUT2D eigenvalue weighted by Crippen LogP contribution is 2.20. The van der Waals surface area contributed by atoms with E-state index in [0.29, 0.717) is 13.1 Å². The van der Waals surface area contributed by atoms with E-state index in [0.717, 1.165) is 0 Å². The molecule has 0 bridgehead atoms. The number of likely N-dealkylation sites (tertiary alicyclic amines) is 1. The lowest BCUT2D eigenvalue weighted by Gasteiger charge is -2.41. The summed E-state index contributed by atoms with van der Waals surface area (Å²) in [4.78, 5) is 1.40. The fourth-order valence-electron chi connectivity index (χ4n) is 1.66. The van der Waals surface area contributed by atoms with Crippen LogP contribution in [0.5, 0.6) is 0 Å². The van der Waals surface area contributed by atoms with Crippen molar-refractivity contribution in [1.82, 2.24) is 10.2 Å². The molecule has 2 fully saturated rings. The number of sulfonamides is 2. The second-order valence-electron chi connectivity index (χ2n) is 5.11. The molecule has 2 rings (SSSR count). The number of rotatable bonds is 4. The Morgan fingerprint density at radius 1 is 1.05 bits per heavy atom. The quantitative estimate of drug-likeness (QED) is 0.526. The van der Waals surface area contributed by atoms with Gasteiger partial charge in [-0.25, -0.2) is 35.9 Å². The Kier molecular flexibility index (Phi) is 8.09. The molecule has 0 spiro atoms. The van der Waals surface area contributed by atoms with Crippen molar-refractivity contribution in [2.45, 2.75) is 29.9 Å². The topological polar surface area (TPSA) is 136 Å². The molecule has 0 saturated carbocycles.